The highest BCUT2D eigenvalue weighted by atomic mass is 32.2. The van der Waals surface area contributed by atoms with E-state index in [4.69, 9.17) is 5.11 Å². The van der Waals surface area contributed by atoms with Crippen LogP contribution in [0.5, 0.6) is 0 Å². The smallest absolute Gasteiger partial charge is 0.313 e. The standard InChI is InChI=1S/C11H18N2O3S2/c1-8-6-12-11(17-7-10(14)15)13(8)5-4-9(2)18(3)16/h6,9H,4-5,7H2,1-3H3,(H,14,15). The summed E-state index contributed by atoms with van der Waals surface area (Å²) >= 11 is 1.21. The van der Waals surface area contributed by atoms with Gasteiger partial charge in [-0.1, -0.05) is 18.7 Å². The Morgan fingerprint density at radius 2 is 2.33 bits per heavy atom. The van der Waals surface area contributed by atoms with Crippen molar-refractivity contribution >= 4 is 28.5 Å². The summed E-state index contributed by atoms with van der Waals surface area (Å²) in [5.41, 5.74) is 0.997. The van der Waals surface area contributed by atoms with Gasteiger partial charge in [-0.05, 0) is 13.3 Å². The molecule has 102 valence electrons. The summed E-state index contributed by atoms with van der Waals surface area (Å²) in [5, 5.41) is 9.51. The Morgan fingerprint density at radius 3 is 2.89 bits per heavy atom. The molecule has 0 saturated carbocycles. The number of carboxylic acid groups (broad SMARTS) is 1. The first kappa shape index (κ1) is 15.2. The number of aliphatic carboxylic acids is 1. The molecule has 1 aromatic rings. The Balaban J connectivity index is 2.66. The number of aromatic nitrogens is 2. The van der Waals surface area contributed by atoms with E-state index in [-0.39, 0.29) is 11.0 Å². The Kier molecular flexibility index (Phi) is 5.87. The van der Waals surface area contributed by atoms with E-state index >= 15 is 0 Å². The molecule has 0 aromatic carbocycles. The predicted octanol–water partition coefficient (Wildman–Crippen LogP) is 1.53. The van der Waals surface area contributed by atoms with E-state index in [0.717, 1.165) is 12.1 Å². The minimum absolute atomic E-state index is 0.00567. The van der Waals surface area contributed by atoms with Crippen LogP contribution in [0.1, 0.15) is 19.0 Å². The number of nitrogens with zero attached hydrogens (tertiary/aromatic N) is 2. The highest BCUT2D eigenvalue weighted by Crippen LogP contribution is 2.19. The molecule has 1 N–H and O–H groups in total. The number of hydrogen-bond donors (Lipinski definition) is 1. The maximum absolute atomic E-state index is 11.3. The fraction of sp³-hybridized carbons (Fsp3) is 0.636. The Morgan fingerprint density at radius 1 is 1.67 bits per heavy atom. The van der Waals surface area contributed by atoms with Gasteiger partial charge in [0.2, 0.25) is 0 Å². The molecule has 0 aliphatic carbocycles. The molecule has 1 aromatic heterocycles. The van der Waals surface area contributed by atoms with Crippen molar-refractivity contribution in [2.24, 2.45) is 0 Å². The molecular formula is C11H18N2O3S2. The molecule has 2 unspecified atom stereocenters. The number of imidazole rings is 1. The quantitative estimate of drug-likeness (QED) is 0.771. The monoisotopic (exact) mass is 290 g/mol. The predicted molar refractivity (Wildman–Crippen MR) is 73.5 cm³/mol. The molecule has 0 aliphatic heterocycles. The van der Waals surface area contributed by atoms with Gasteiger partial charge in [-0.3, -0.25) is 9.00 Å². The second-order valence-corrected chi connectivity index (χ2v) is 6.86. The molecular weight excluding hydrogens is 272 g/mol. The number of carboxylic acids is 1. The van der Waals surface area contributed by atoms with Crippen molar-refractivity contribution in [3.8, 4) is 0 Å². The minimum atomic E-state index is -0.852. The third kappa shape index (κ3) is 4.45. The summed E-state index contributed by atoms with van der Waals surface area (Å²) in [6.07, 6.45) is 4.23. The topological polar surface area (TPSA) is 72.2 Å². The Bertz CT molecular complexity index is 445. The van der Waals surface area contributed by atoms with E-state index in [1.165, 1.54) is 11.8 Å². The largest absolute Gasteiger partial charge is 0.481 e. The lowest BCUT2D eigenvalue weighted by Gasteiger charge is -2.12. The van der Waals surface area contributed by atoms with Crippen molar-refractivity contribution in [3.63, 3.8) is 0 Å². The van der Waals surface area contributed by atoms with E-state index in [0.29, 0.717) is 11.7 Å². The van der Waals surface area contributed by atoms with Crippen molar-refractivity contribution in [1.29, 1.82) is 0 Å². The van der Waals surface area contributed by atoms with Crippen molar-refractivity contribution in [3.05, 3.63) is 11.9 Å². The van der Waals surface area contributed by atoms with E-state index in [1.54, 1.807) is 12.5 Å². The van der Waals surface area contributed by atoms with E-state index in [1.807, 2.05) is 18.4 Å². The van der Waals surface area contributed by atoms with Gasteiger partial charge in [-0.15, -0.1) is 0 Å². The zero-order valence-electron chi connectivity index (χ0n) is 10.8. The van der Waals surface area contributed by atoms with Crippen LogP contribution >= 0.6 is 11.8 Å². The molecule has 1 rings (SSSR count). The molecule has 7 heteroatoms. The highest BCUT2D eigenvalue weighted by Gasteiger charge is 2.12. The molecule has 0 bridgehead atoms. The fourth-order valence-corrected chi connectivity index (χ4v) is 2.64. The lowest BCUT2D eigenvalue weighted by atomic mass is 10.3. The average Bonchev–Trinajstić information content (AvgIpc) is 2.64. The Hall–Kier alpha value is -0.820. The lowest BCUT2D eigenvalue weighted by Crippen LogP contribution is -2.14. The molecule has 2 atom stereocenters. The second kappa shape index (κ2) is 6.94. The van der Waals surface area contributed by atoms with Crippen LogP contribution in [0.3, 0.4) is 0 Å². The van der Waals surface area contributed by atoms with Gasteiger partial charge < -0.3 is 9.67 Å². The normalized spacial score (nSPS) is 14.4. The van der Waals surface area contributed by atoms with E-state index in [2.05, 4.69) is 4.98 Å². The van der Waals surface area contributed by atoms with Crippen LogP contribution in [0.15, 0.2) is 11.4 Å². The van der Waals surface area contributed by atoms with Gasteiger partial charge in [0.05, 0.1) is 5.75 Å². The van der Waals surface area contributed by atoms with E-state index < -0.39 is 16.8 Å². The maximum atomic E-state index is 11.3. The van der Waals surface area contributed by atoms with Crippen LogP contribution in [0, 0.1) is 6.92 Å². The second-order valence-electron chi connectivity index (χ2n) is 4.11. The van der Waals surface area contributed by atoms with E-state index in [9.17, 15) is 9.00 Å². The average molecular weight is 290 g/mol. The first-order chi connectivity index (χ1) is 8.41. The van der Waals surface area contributed by atoms with Gasteiger partial charge in [0.25, 0.3) is 0 Å². The van der Waals surface area contributed by atoms with Crippen LogP contribution in [-0.2, 0) is 22.1 Å². The molecule has 18 heavy (non-hydrogen) atoms. The zero-order valence-corrected chi connectivity index (χ0v) is 12.4. The molecule has 0 aliphatic rings. The molecule has 0 radical (unpaired) electrons. The summed E-state index contributed by atoms with van der Waals surface area (Å²) in [6, 6.07) is 0. The molecule has 0 fully saturated rings. The minimum Gasteiger partial charge on any atom is -0.481 e. The van der Waals surface area contributed by atoms with Crippen LogP contribution in [-0.4, -0.2) is 42.1 Å². The zero-order chi connectivity index (χ0) is 13.7. The van der Waals surface area contributed by atoms with Crippen molar-refractivity contribution in [2.75, 3.05) is 12.0 Å². The van der Waals surface area contributed by atoms with Crippen LogP contribution in [0.2, 0.25) is 0 Å². The van der Waals surface area contributed by atoms with Gasteiger partial charge >= 0.3 is 5.97 Å². The first-order valence-electron chi connectivity index (χ1n) is 5.60. The van der Waals surface area contributed by atoms with Crippen molar-refractivity contribution < 1.29 is 14.1 Å². The van der Waals surface area contributed by atoms with Crippen LogP contribution in [0.25, 0.3) is 0 Å². The van der Waals surface area contributed by atoms with Crippen LogP contribution in [0.4, 0.5) is 0 Å². The number of rotatable bonds is 7. The first-order valence-corrected chi connectivity index (χ1v) is 8.21. The summed E-state index contributed by atoms with van der Waals surface area (Å²) in [6.45, 7) is 4.60. The third-order valence-electron chi connectivity index (χ3n) is 2.67. The van der Waals surface area contributed by atoms with Gasteiger partial charge in [0.1, 0.15) is 0 Å². The van der Waals surface area contributed by atoms with Gasteiger partial charge in [-0.2, -0.15) is 0 Å². The number of thioether (sulfide) groups is 1. The SMILES string of the molecule is Cc1cnc(SCC(=O)O)n1CCC(C)S(C)=O. The van der Waals surface area contributed by atoms with Crippen LogP contribution < -0.4 is 0 Å². The van der Waals surface area contributed by atoms with Crippen molar-refractivity contribution in [1.82, 2.24) is 9.55 Å². The number of aryl methyl sites for hydroxylation is 1. The summed E-state index contributed by atoms with van der Waals surface area (Å²) in [4.78, 5) is 14.7. The summed E-state index contributed by atoms with van der Waals surface area (Å²) in [5.74, 6) is -0.846. The summed E-state index contributed by atoms with van der Waals surface area (Å²) < 4.78 is 13.3. The highest BCUT2D eigenvalue weighted by molar-refractivity contribution is 7.99. The Labute approximate surface area is 113 Å². The van der Waals surface area contributed by atoms with Gasteiger partial charge in [-0.25, -0.2) is 4.98 Å². The molecule has 5 nitrogen and oxygen atoms in total. The molecule has 0 spiro atoms. The molecule has 0 amide bonds. The number of hydrogen-bond acceptors (Lipinski definition) is 4. The number of carbonyl (C=O) groups is 1. The third-order valence-corrected chi connectivity index (χ3v) is 5.01. The van der Waals surface area contributed by atoms with Crippen molar-refractivity contribution in [2.45, 2.75) is 37.2 Å². The molecule has 0 saturated heterocycles. The molecule has 1 heterocycles. The summed E-state index contributed by atoms with van der Waals surface area (Å²) in [7, 11) is -0.831. The fourth-order valence-electron chi connectivity index (χ4n) is 1.43. The maximum Gasteiger partial charge on any atom is 0.313 e. The van der Waals surface area contributed by atoms with Gasteiger partial charge in [0.15, 0.2) is 5.16 Å². The van der Waals surface area contributed by atoms with Gasteiger partial charge in [0, 0.05) is 40.7 Å². The lowest BCUT2D eigenvalue weighted by molar-refractivity contribution is -0.133.